The van der Waals surface area contributed by atoms with E-state index in [1.807, 2.05) is 0 Å². The minimum Gasteiger partial charge on any atom is -0.504 e. The molecule has 28 heavy (non-hydrogen) atoms. The first-order valence-electron chi connectivity index (χ1n) is 8.71. The Morgan fingerprint density at radius 3 is 2.36 bits per heavy atom. The highest BCUT2D eigenvalue weighted by Crippen LogP contribution is 2.43. The minimum absolute atomic E-state index is 0.0781. The van der Waals surface area contributed by atoms with Gasteiger partial charge in [-0.15, -0.1) is 0 Å². The van der Waals surface area contributed by atoms with Crippen molar-refractivity contribution in [2.75, 3.05) is 27.1 Å². The van der Waals surface area contributed by atoms with Crippen LogP contribution in [0, 0.1) is 11.8 Å². The molecule has 0 amide bonds. The van der Waals surface area contributed by atoms with Crippen molar-refractivity contribution < 1.29 is 39.4 Å². The summed E-state index contributed by atoms with van der Waals surface area (Å²) < 4.78 is 15.9. The Morgan fingerprint density at radius 1 is 1.07 bits per heavy atom. The van der Waals surface area contributed by atoms with Crippen molar-refractivity contribution >= 4 is 5.97 Å². The number of rotatable bonds is 8. The summed E-state index contributed by atoms with van der Waals surface area (Å²) in [5.41, 5.74) is 1.16. The van der Waals surface area contributed by atoms with Crippen LogP contribution in [0.25, 0.3) is 0 Å². The molecular formula is C20H22O8. The lowest BCUT2D eigenvalue weighted by Gasteiger charge is -2.30. The van der Waals surface area contributed by atoms with Crippen LogP contribution < -0.4 is 14.2 Å². The van der Waals surface area contributed by atoms with E-state index in [0.29, 0.717) is 22.6 Å². The van der Waals surface area contributed by atoms with E-state index in [2.05, 4.69) is 0 Å². The molecule has 0 aromatic heterocycles. The van der Waals surface area contributed by atoms with Crippen LogP contribution in [0.4, 0.5) is 0 Å². The van der Waals surface area contributed by atoms with Crippen molar-refractivity contribution in [3.05, 3.63) is 47.5 Å². The standard InChI is InChI=1S/C20H22O8/c1-26-16-6-11(2-4-14(16)23)18(19(20(24)25)13(8-21)9-22)12-3-5-15-17(7-12)28-10-27-15/h2-7,13,18-19,21-23H,8-10H2,1H3,(H,24,25). The lowest BCUT2D eigenvalue weighted by molar-refractivity contribution is -0.145. The summed E-state index contributed by atoms with van der Waals surface area (Å²) in [7, 11) is 1.40. The van der Waals surface area contributed by atoms with Crippen LogP contribution in [0.2, 0.25) is 0 Å². The Hall–Kier alpha value is -2.97. The van der Waals surface area contributed by atoms with Crippen molar-refractivity contribution in [1.82, 2.24) is 0 Å². The molecule has 8 nitrogen and oxygen atoms in total. The van der Waals surface area contributed by atoms with Gasteiger partial charge in [0.15, 0.2) is 23.0 Å². The lowest BCUT2D eigenvalue weighted by atomic mass is 9.74. The fraction of sp³-hybridized carbons (Fsp3) is 0.350. The zero-order chi connectivity index (χ0) is 20.3. The van der Waals surface area contributed by atoms with Crippen LogP contribution in [0.1, 0.15) is 17.0 Å². The highest BCUT2D eigenvalue weighted by atomic mass is 16.7. The van der Waals surface area contributed by atoms with E-state index >= 15 is 0 Å². The molecular weight excluding hydrogens is 368 g/mol. The van der Waals surface area contributed by atoms with Crippen LogP contribution in [0.15, 0.2) is 36.4 Å². The van der Waals surface area contributed by atoms with Gasteiger partial charge in [-0.05, 0) is 35.4 Å². The number of aliphatic hydroxyl groups is 2. The SMILES string of the molecule is COc1cc(C(c2ccc3c(c2)OCO3)C(C(=O)O)C(CO)CO)ccc1O. The minimum atomic E-state index is -1.16. The van der Waals surface area contributed by atoms with Crippen LogP contribution in [-0.2, 0) is 4.79 Å². The topological polar surface area (TPSA) is 126 Å². The third-order valence-corrected chi connectivity index (χ3v) is 4.94. The van der Waals surface area contributed by atoms with Gasteiger partial charge in [-0.1, -0.05) is 12.1 Å². The molecule has 0 spiro atoms. The van der Waals surface area contributed by atoms with E-state index in [1.54, 1.807) is 30.3 Å². The number of ether oxygens (including phenoxy) is 3. The second-order valence-corrected chi connectivity index (χ2v) is 6.51. The smallest absolute Gasteiger partial charge is 0.307 e. The van der Waals surface area contributed by atoms with Gasteiger partial charge in [-0.3, -0.25) is 4.79 Å². The van der Waals surface area contributed by atoms with Gasteiger partial charge in [0, 0.05) is 25.0 Å². The normalized spacial score (nSPS) is 14.7. The van der Waals surface area contributed by atoms with Crippen molar-refractivity contribution in [2.45, 2.75) is 5.92 Å². The maximum atomic E-state index is 12.1. The molecule has 2 aromatic rings. The molecule has 0 fully saturated rings. The molecule has 3 rings (SSSR count). The molecule has 2 unspecified atom stereocenters. The van der Waals surface area contributed by atoms with Gasteiger partial charge in [-0.25, -0.2) is 0 Å². The first-order chi connectivity index (χ1) is 13.5. The molecule has 0 saturated carbocycles. The Kier molecular flexibility index (Phi) is 5.91. The molecule has 0 aliphatic carbocycles. The second-order valence-electron chi connectivity index (χ2n) is 6.51. The van der Waals surface area contributed by atoms with E-state index in [-0.39, 0.29) is 18.3 Å². The zero-order valence-corrected chi connectivity index (χ0v) is 15.2. The number of hydrogen-bond donors (Lipinski definition) is 4. The number of carboxylic acids is 1. The second kappa shape index (κ2) is 8.37. The number of methoxy groups -OCH3 is 1. The number of phenols is 1. The van der Waals surface area contributed by atoms with Gasteiger partial charge in [0.25, 0.3) is 0 Å². The average molecular weight is 390 g/mol. The van der Waals surface area contributed by atoms with Crippen molar-refractivity contribution in [3.8, 4) is 23.0 Å². The molecule has 4 N–H and O–H groups in total. The van der Waals surface area contributed by atoms with E-state index in [0.717, 1.165) is 0 Å². The zero-order valence-electron chi connectivity index (χ0n) is 15.2. The largest absolute Gasteiger partial charge is 0.504 e. The Balaban J connectivity index is 2.16. The van der Waals surface area contributed by atoms with Gasteiger partial charge in [0.1, 0.15) is 0 Å². The number of fused-ring (bicyclic) bond motifs is 1. The Morgan fingerprint density at radius 2 is 1.71 bits per heavy atom. The molecule has 1 aliphatic heterocycles. The van der Waals surface area contributed by atoms with Gasteiger partial charge in [0.05, 0.1) is 13.0 Å². The van der Waals surface area contributed by atoms with Gasteiger partial charge in [-0.2, -0.15) is 0 Å². The maximum Gasteiger partial charge on any atom is 0.307 e. The lowest BCUT2D eigenvalue weighted by Crippen LogP contribution is -2.34. The Bertz CT molecular complexity index is 835. The molecule has 0 saturated heterocycles. The quantitative estimate of drug-likeness (QED) is 0.535. The summed E-state index contributed by atoms with van der Waals surface area (Å²) in [5, 5.41) is 39.1. The molecule has 2 atom stereocenters. The highest BCUT2D eigenvalue weighted by molar-refractivity contribution is 5.73. The van der Waals surface area contributed by atoms with Crippen molar-refractivity contribution in [3.63, 3.8) is 0 Å². The summed E-state index contributed by atoms with van der Waals surface area (Å²) in [6.45, 7) is -0.914. The van der Waals surface area contributed by atoms with Gasteiger partial charge >= 0.3 is 5.97 Å². The monoisotopic (exact) mass is 390 g/mol. The molecule has 0 radical (unpaired) electrons. The number of aliphatic carboxylic acids is 1. The van der Waals surface area contributed by atoms with E-state index in [4.69, 9.17) is 14.2 Å². The number of aromatic hydroxyl groups is 1. The fourth-order valence-electron chi connectivity index (χ4n) is 3.50. The van der Waals surface area contributed by atoms with Crippen LogP contribution in [0.5, 0.6) is 23.0 Å². The molecule has 0 bridgehead atoms. The summed E-state index contributed by atoms with van der Waals surface area (Å²) in [4.78, 5) is 12.1. The molecule has 150 valence electrons. The summed E-state index contributed by atoms with van der Waals surface area (Å²) in [6.07, 6.45) is 0. The van der Waals surface area contributed by atoms with E-state index in [1.165, 1.54) is 13.2 Å². The average Bonchev–Trinajstić information content (AvgIpc) is 3.16. The third kappa shape index (κ3) is 3.69. The number of carboxylic acid groups (broad SMARTS) is 1. The number of carbonyl (C=O) groups is 1. The van der Waals surface area contributed by atoms with Crippen molar-refractivity contribution in [2.24, 2.45) is 11.8 Å². The molecule has 1 aliphatic rings. The van der Waals surface area contributed by atoms with Crippen LogP contribution in [0.3, 0.4) is 0 Å². The highest BCUT2D eigenvalue weighted by Gasteiger charge is 2.38. The fourth-order valence-corrected chi connectivity index (χ4v) is 3.50. The maximum absolute atomic E-state index is 12.1. The van der Waals surface area contributed by atoms with Gasteiger partial charge < -0.3 is 34.6 Å². The number of benzene rings is 2. The number of aliphatic hydroxyl groups excluding tert-OH is 2. The summed E-state index contributed by atoms with van der Waals surface area (Å²) in [6, 6.07) is 9.66. The number of hydrogen-bond acceptors (Lipinski definition) is 7. The van der Waals surface area contributed by atoms with Crippen LogP contribution >= 0.6 is 0 Å². The van der Waals surface area contributed by atoms with Crippen molar-refractivity contribution in [1.29, 1.82) is 0 Å². The van der Waals surface area contributed by atoms with E-state index < -0.39 is 36.9 Å². The third-order valence-electron chi connectivity index (χ3n) is 4.94. The predicted octanol–water partition coefficient (Wildman–Crippen LogP) is 1.56. The van der Waals surface area contributed by atoms with Gasteiger partial charge in [0.2, 0.25) is 6.79 Å². The van der Waals surface area contributed by atoms with Crippen LogP contribution in [-0.4, -0.2) is 53.5 Å². The summed E-state index contributed by atoms with van der Waals surface area (Å²) >= 11 is 0. The first-order valence-corrected chi connectivity index (χ1v) is 8.71. The first kappa shape index (κ1) is 19.8. The molecule has 8 heteroatoms. The molecule has 1 heterocycles. The van der Waals surface area contributed by atoms with E-state index in [9.17, 15) is 25.2 Å². The summed E-state index contributed by atoms with van der Waals surface area (Å²) in [5.74, 6) is -2.79. The predicted molar refractivity (Wildman–Crippen MR) is 97.9 cm³/mol. The number of phenolic OH excluding ortho intramolecular Hbond substituents is 1. The molecule has 2 aromatic carbocycles. The Labute approximate surface area is 161 Å².